The summed E-state index contributed by atoms with van der Waals surface area (Å²) >= 11 is 0. The van der Waals surface area contributed by atoms with Gasteiger partial charge in [0.2, 0.25) is 15.9 Å². The molecule has 0 spiro atoms. The molecule has 1 heterocycles. The molecule has 8 heteroatoms. The Labute approximate surface area is 120 Å². The Morgan fingerprint density at radius 2 is 2.10 bits per heavy atom. The molecule has 1 N–H and O–H groups in total. The van der Waals surface area contributed by atoms with Crippen LogP contribution in [0.25, 0.3) is 0 Å². The number of hydrogen-bond donors (Lipinski definition) is 1. The van der Waals surface area contributed by atoms with Gasteiger partial charge >= 0.3 is 0 Å². The highest BCUT2D eigenvalue weighted by molar-refractivity contribution is 7.90. The number of nitrogens with zero attached hydrogens (tertiary/aromatic N) is 2. The Morgan fingerprint density at radius 1 is 1.50 bits per heavy atom. The number of carbonyl (C=O) groups excluding carboxylic acids is 1. The molecule has 0 aliphatic carbocycles. The largest absolute Gasteiger partial charge is 0.391 e. The summed E-state index contributed by atoms with van der Waals surface area (Å²) in [5.41, 5.74) is 0.420. The maximum absolute atomic E-state index is 12.7. The lowest BCUT2D eigenvalue weighted by Crippen LogP contribution is -2.49. The second kappa shape index (κ2) is 6.53. The first kappa shape index (κ1) is 16.9. The lowest BCUT2D eigenvalue weighted by Gasteiger charge is -2.27. The minimum atomic E-state index is -3.68. The molecule has 1 rings (SSSR count). The summed E-state index contributed by atoms with van der Waals surface area (Å²) in [5, 5.41) is 5.36. The average molecular weight is 305 g/mol. The summed E-state index contributed by atoms with van der Waals surface area (Å²) < 4.78 is 26.7. The fourth-order valence-corrected chi connectivity index (χ4v) is 4.27. The Balaban J connectivity index is 3.04. The molecule has 0 aromatic carbocycles. The van der Waals surface area contributed by atoms with E-state index in [2.05, 4.69) is 10.5 Å². The first-order valence-corrected chi connectivity index (χ1v) is 8.10. The fraction of sp³-hybridized carbons (Fsp3) is 0.833. The van der Waals surface area contributed by atoms with E-state index in [4.69, 9.17) is 4.84 Å². The third-order valence-corrected chi connectivity index (χ3v) is 5.41. The lowest BCUT2D eigenvalue weighted by atomic mass is 10.2. The van der Waals surface area contributed by atoms with Crippen molar-refractivity contribution < 1.29 is 18.0 Å². The zero-order valence-electron chi connectivity index (χ0n) is 12.6. The Bertz CT molecular complexity index is 487. The van der Waals surface area contributed by atoms with Gasteiger partial charge in [-0.2, -0.15) is 4.31 Å². The SMILES string of the molecule is CNC(=O)CN(CC(C)C)S(=O)(=O)C1C(C)=NOC1C. The topological polar surface area (TPSA) is 88.1 Å². The number of rotatable bonds is 6. The van der Waals surface area contributed by atoms with Gasteiger partial charge in [-0.05, 0) is 19.8 Å². The minimum Gasteiger partial charge on any atom is -0.391 e. The van der Waals surface area contributed by atoms with Gasteiger partial charge in [-0.3, -0.25) is 4.79 Å². The van der Waals surface area contributed by atoms with Gasteiger partial charge in [0.25, 0.3) is 0 Å². The van der Waals surface area contributed by atoms with E-state index in [9.17, 15) is 13.2 Å². The molecule has 116 valence electrons. The van der Waals surface area contributed by atoms with Gasteiger partial charge in [0.15, 0.2) is 5.25 Å². The quantitative estimate of drug-likeness (QED) is 0.758. The average Bonchev–Trinajstić information content (AvgIpc) is 2.67. The van der Waals surface area contributed by atoms with E-state index < -0.39 is 21.4 Å². The van der Waals surface area contributed by atoms with E-state index >= 15 is 0 Å². The van der Waals surface area contributed by atoms with Crippen molar-refractivity contribution in [2.45, 2.75) is 39.0 Å². The van der Waals surface area contributed by atoms with Crippen LogP contribution in [0.15, 0.2) is 5.16 Å². The van der Waals surface area contributed by atoms with E-state index in [0.29, 0.717) is 5.71 Å². The fourth-order valence-electron chi connectivity index (χ4n) is 2.14. The standard InChI is InChI=1S/C12H23N3O4S/c1-8(2)6-15(7-11(16)13-5)20(17,18)12-9(3)14-19-10(12)4/h8,10,12H,6-7H2,1-5H3,(H,13,16). The van der Waals surface area contributed by atoms with Crippen molar-refractivity contribution in [1.29, 1.82) is 0 Å². The molecule has 1 aliphatic rings. The molecule has 0 fully saturated rings. The van der Waals surface area contributed by atoms with Gasteiger partial charge in [0.1, 0.15) is 6.10 Å². The third-order valence-electron chi connectivity index (χ3n) is 3.05. The number of carbonyl (C=O) groups is 1. The summed E-state index contributed by atoms with van der Waals surface area (Å²) in [4.78, 5) is 16.6. The third kappa shape index (κ3) is 3.69. The molecule has 0 radical (unpaired) electrons. The van der Waals surface area contributed by atoms with E-state index in [1.807, 2.05) is 13.8 Å². The lowest BCUT2D eigenvalue weighted by molar-refractivity contribution is -0.120. The molecule has 0 aromatic heterocycles. The van der Waals surface area contributed by atoms with E-state index in [0.717, 1.165) is 0 Å². The second-order valence-electron chi connectivity index (χ2n) is 5.37. The van der Waals surface area contributed by atoms with Crippen molar-refractivity contribution in [2.24, 2.45) is 11.1 Å². The van der Waals surface area contributed by atoms with Crippen LogP contribution in [0.5, 0.6) is 0 Å². The highest BCUT2D eigenvalue weighted by atomic mass is 32.2. The van der Waals surface area contributed by atoms with Gasteiger partial charge in [0.05, 0.1) is 12.3 Å². The summed E-state index contributed by atoms with van der Waals surface area (Å²) in [6.45, 7) is 7.19. The van der Waals surface area contributed by atoms with Crippen molar-refractivity contribution >= 4 is 21.6 Å². The molecular formula is C12H23N3O4S. The highest BCUT2D eigenvalue weighted by Crippen LogP contribution is 2.22. The maximum atomic E-state index is 12.7. The van der Waals surface area contributed by atoms with E-state index in [1.54, 1.807) is 13.8 Å². The van der Waals surface area contributed by atoms with Crippen molar-refractivity contribution in [3.05, 3.63) is 0 Å². The molecule has 0 saturated heterocycles. The van der Waals surface area contributed by atoms with E-state index in [-0.39, 0.29) is 24.9 Å². The molecular weight excluding hydrogens is 282 g/mol. The predicted molar refractivity (Wildman–Crippen MR) is 76.8 cm³/mol. The Morgan fingerprint density at radius 3 is 2.50 bits per heavy atom. The smallest absolute Gasteiger partial charge is 0.235 e. The van der Waals surface area contributed by atoms with Crippen LogP contribution in [0.4, 0.5) is 0 Å². The summed E-state index contributed by atoms with van der Waals surface area (Å²) in [6.07, 6.45) is -0.542. The van der Waals surface area contributed by atoms with Gasteiger partial charge < -0.3 is 10.2 Å². The zero-order valence-corrected chi connectivity index (χ0v) is 13.4. The van der Waals surface area contributed by atoms with Crippen LogP contribution < -0.4 is 5.32 Å². The number of nitrogens with one attached hydrogen (secondary N) is 1. The predicted octanol–water partition coefficient (Wildman–Crippen LogP) is 0.183. The summed E-state index contributed by atoms with van der Waals surface area (Å²) in [7, 11) is -2.20. The van der Waals surface area contributed by atoms with Crippen LogP contribution in [-0.2, 0) is 19.7 Å². The van der Waals surface area contributed by atoms with Crippen LogP contribution in [0.2, 0.25) is 0 Å². The van der Waals surface area contributed by atoms with Crippen LogP contribution >= 0.6 is 0 Å². The molecule has 7 nitrogen and oxygen atoms in total. The molecule has 0 bridgehead atoms. The molecule has 0 saturated carbocycles. The normalized spacial score (nSPS) is 22.9. The van der Waals surface area contributed by atoms with Crippen LogP contribution in [0.1, 0.15) is 27.7 Å². The minimum absolute atomic E-state index is 0.115. The highest BCUT2D eigenvalue weighted by Gasteiger charge is 2.43. The number of likely N-dealkylation sites (N-methyl/N-ethyl adjacent to an activating group) is 1. The van der Waals surface area contributed by atoms with Crippen LogP contribution in [0.3, 0.4) is 0 Å². The van der Waals surface area contributed by atoms with Gasteiger partial charge in [-0.1, -0.05) is 19.0 Å². The Kier molecular flexibility index (Phi) is 5.52. The number of amides is 1. The first-order chi connectivity index (χ1) is 9.20. The zero-order chi connectivity index (χ0) is 15.5. The number of oxime groups is 1. The Hall–Kier alpha value is -1.15. The monoisotopic (exact) mass is 305 g/mol. The molecule has 2 atom stereocenters. The van der Waals surface area contributed by atoms with Gasteiger partial charge in [-0.15, -0.1) is 0 Å². The van der Waals surface area contributed by atoms with Crippen molar-refractivity contribution in [3.8, 4) is 0 Å². The molecule has 2 unspecified atom stereocenters. The molecule has 20 heavy (non-hydrogen) atoms. The van der Waals surface area contributed by atoms with Crippen molar-refractivity contribution in [3.63, 3.8) is 0 Å². The molecule has 1 amide bonds. The maximum Gasteiger partial charge on any atom is 0.235 e. The van der Waals surface area contributed by atoms with Crippen molar-refractivity contribution in [1.82, 2.24) is 9.62 Å². The number of hydrogen-bond acceptors (Lipinski definition) is 5. The van der Waals surface area contributed by atoms with Crippen LogP contribution in [0, 0.1) is 5.92 Å². The first-order valence-electron chi connectivity index (χ1n) is 6.60. The molecule has 1 aliphatic heterocycles. The van der Waals surface area contributed by atoms with Gasteiger partial charge in [0, 0.05) is 13.6 Å². The second-order valence-corrected chi connectivity index (χ2v) is 7.42. The van der Waals surface area contributed by atoms with Crippen LogP contribution in [-0.4, -0.2) is 55.8 Å². The number of sulfonamides is 1. The molecule has 0 aromatic rings. The summed E-state index contributed by atoms with van der Waals surface area (Å²) in [5.74, 6) is -0.223. The summed E-state index contributed by atoms with van der Waals surface area (Å²) in [6, 6.07) is 0. The van der Waals surface area contributed by atoms with Crippen molar-refractivity contribution in [2.75, 3.05) is 20.1 Å². The van der Waals surface area contributed by atoms with E-state index in [1.165, 1.54) is 11.4 Å². The van der Waals surface area contributed by atoms with Gasteiger partial charge in [-0.25, -0.2) is 8.42 Å².